The summed E-state index contributed by atoms with van der Waals surface area (Å²) in [5.74, 6) is -0.120. The quantitative estimate of drug-likeness (QED) is 0.809. The number of H-pyrrole nitrogens is 1. The largest absolute Gasteiger partial charge is 0.345 e. The molecule has 1 saturated carbocycles. The third kappa shape index (κ3) is 2.52. The van der Waals surface area contributed by atoms with E-state index in [1.54, 1.807) is 0 Å². The van der Waals surface area contributed by atoms with Crippen LogP contribution in [0.5, 0.6) is 0 Å². The van der Waals surface area contributed by atoms with Gasteiger partial charge in [-0.1, -0.05) is 12.8 Å². The van der Waals surface area contributed by atoms with E-state index in [4.69, 9.17) is 0 Å². The molecule has 1 aromatic rings. The van der Waals surface area contributed by atoms with Crippen molar-refractivity contribution in [3.05, 3.63) is 5.82 Å². The predicted molar refractivity (Wildman–Crippen MR) is 61.2 cm³/mol. The maximum Gasteiger partial charge on any atom is 0.293 e. The van der Waals surface area contributed by atoms with Gasteiger partial charge in [-0.05, 0) is 24.3 Å². The Balaban J connectivity index is 1.95. The summed E-state index contributed by atoms with van der Waals surface area (Å²) in [6, 6.07) is 0.231. The lowest BCUT2D eigenvalue weighted by Crippen LogP contribution is -2.44. The minimum Gasteiger partial charge on any atom is -0.345 e. The van der Waals surface area contributed by atoms with E-state index in [2.05, 4.69) is 32.2 Å². The van der Waals surface area contributed by atoms with E-state index in [9.17, 15) is 4.79 Å². The van der Waals surface area contributed by atoms with Crippen molar-refractivity contribution in [3.63, 3.8) is 0 Å². The summed E-state index contributed by atoms with van der Waals surface area (Å²) in [5.41, 5.74) is 0. The SMILES string of the molecule is CSC1CCCCC1NC(=O)c1nn[nH]n1. The Morgan fingerprint density at radius 1 is 1.50 bits per heavy atom. The fourth-order valence-electron chi connectivity index (χ4n) is 2.04. The molecule has 0 saturated heterocycles. The third-order valence-electron chi connectivity index (χ3n) is 2.87. The van der Waals surface area contributed by atoms with E-state index < -0.39 is 0 Å². The van der Waals surface area contributed by atoms with Crippen LogP contribution in [0.4, 0.5) is 0 Å². The number of aromatic amines is 1. The first-order valence-corrected chi connectivity index (χ1v) is 6.67. The molecule has 2 atom stereocenters. The average Bonchev–Trinajstić information content (AvgIpc) is 2.83. The summed E-state index contributed by atoms with van der Waals surface area (Å²) in [4.78, 5) is 11.7. The van der Waals surface area contributed by atoms with Gasteiger partial charge in [-0.25, -0.2) is 0 Å². The summed E-state index contributed by atoms with van der Waals surface area (Å²) in [6.07, 6.45) is 6.71. The number of rotatable bonds is 3. The Morgan fingerprint density at radius 3 is 3.00 bits per heavy atom. The molecule has 1 aromatic heterocycles. The number of aromatic nitrogens is 4. The third-order valence-corrected chi connectivity index (χ3v) is 4.04. The van der Waals surface area contributed by atoms with Crippen LogP contribution in [0.15, 0.2) is 0 Å². The van der Waals surface area contributed by atoms with E-state index >= 15 is 0 Å². The molecular weight excluding hydrogens is 226 g/mol. The molecule has 16 heavy (non-hydrogen) atoms. The molecule has 2 N–H and O–H groups in total. The molecular formula is C9H15N5OS. The summed E-state index contributed by atoms with van der Waals surface area (Å²) in [5, 5.41) is 16.5. The van der Waals surface area contributed by atoms with Crippen LogP contribution in [-0.2, 0) is 0 Å². The van der Waals surface area contributed by atoms with Gasteiger partial charge in [0.25, 0.3) is 11.7 Å². The summed E-state index contributed by atoms with van der Waals surface area (Å²) < 4.78 is 0. The molecule has 0 bridgehead atoms. The number of hydrogen-bond acceptors (Lipinski definition) is 5. The van der Waals surface area contributed by atoms with Gasteiger partial charge in [0.15, 0.2) is 0 Å². The van der Waals surface area contributed by atoms with Crippen LogP contribution in [-0.4, -0.2) is 44.1 Å². The highest BCUT2D eigenvalue weighted by Gasteiger charge is 2.26. The maximum atomic E-state index is 11.7. The zero-order chi connectivity index (χ0) is 11.4. The lowest BCUT2D eigenvalue weighted by atomic mass is 9.95. The second-order valence-corrected chi connectivity index (χ2v) is 4.95. The first-order chi connectivity index (χ1) is 7.81. The summed E-state index contributed by atoms with van der Waals surface area (Å²) in [7, 11) is 0. The Bertz CT molecular complexity index is 342. The van der Waals surface area contributed by atoms with Crippen molar-refractivity contribution < 1.29 is 4.79 Å². The Hall–Kier alpha value is -1.11. The molecule has 1 fully saturated rings. The number of tetrazole rings is 1. The minimum absolute atomic E-state index is 0.116. The Labute approximate surface area is 98.0 Å². The molecule has 0 aliphatic heterocycles. The molecule has 1 aliphatic rings. The van der Waals surface area contributed by atoms with E-state index in [0.717, 1.165) is 6.42 Å². The van der Waals surface area contributed by atoms with Crippen molar-refractivity contribution in [2.45, 2.75) is 37.0 Å². The van der Waals surface area contributed by atoms with Gasteiger partial charge in [0.05, 0.1) is 0 Å². The summed E-state index contributed by atoms with van der Waals surface area (Å²) in [6.45, 7) is 0. The Kier molecular flexibility index (Phi) is 3.76. The van der Waals surface area contributed by atoms with Crippen LogP contribution in [0.3, 0.4) is 0 Å². The van der Waals surface area contributed by atoms with Crippen molar-refractivity contribution in [1.29, 1.82) is 0 Å². The first-order valence-electron chi connectivity index (χ1n) is 5.38. The fraction of sp³-hybridized carbons (Fsp3) is 0.778. The van der Waals surface area contributed by atoms with E-state index in [-0.39, 0.29) is 17.8 Å². The zero-order valence-corrected chi connectivity index (χ0v) is 9.96. The van der Waals surface area contributed by atoms with Crippen LogP contribution in [0.25, 0.3) is 0 Å². The average molecular weight is 241 g/mol. The molecule has 0 radical (unpaired) electrons. The number of carbonyl (C=O) groups is 1. The van der Waals surface area contributed by atoms with Crippen LogP contribution >= 0.6 is 11.8 Å². The van der Waals surface area contributed by atoms with Gasteiger partial charge in [-0.15, -0.1) is 10.2 Å². The minimum atomic E-state index is -0.236. The molecule has 0 spiro atoms. The standard InChI is InChI=1S/C9H15N5OS/c1-16-7-5-3-2-4-6(7)10-9(15)8-11-13-14-12-8/h6-7H,2-5H2,1H3,(H,10,15)(H,11,12,13,14). The lowest BCUT2D eigenvalue weighted by Gasteiger charge is -2.30. The van der Waals surface area contributed by atoms with Crippen LogP contribution < -0.4 is 5.32 Å². The van der Waals surface area contributed by atoms with E-state index in [1.807, 2.05) is 11.8 Å². The maximum absolute atomic E-state index is 11.7. The normalized spacial score (nSPS) is 25.3. The molecule has 2 rings (SSSR count). The van der Waals surface area contributed by atoms with Gasteiger partial charge in [0.1, 0.15) is 0 Å². The number of carbonyl (C=O) groups excluding carboxylic acids is 1. The van der Waals surface area contributed by atoms with Gasteiger partial charge < -0.3 is 5.32 Å². The summed E-state index contributed by atoms with van der Waals surface area (Å²) >= 11 is 1.81. The van der Waals surface area contributed by atoms with Crippen molar-refractivity contribution in [2.75, 3.05) is 6.26 Å². The smallest absolute Gasteiger partial charge is 0.293 e. The monoisotopic (exact) mass is 241 g/mol. The predicted octanol–water partition coefficient (Wildman–Crippen LogP) is 0.604. The van der Waals surface area contributed by atoms with Crippen molar-refractivity contribution in [3.8, 4) is 0 Å². The van der Waals surface area contributed by atoms with E-state index in [1.165, 1.54) is 19.3 Å². The van der Waals surface area contributed by atoms with Crippen molar-refractivity contribution in [1.82, 2.24) is 25.9 Å². The van der Waals surface area contributed by atoms with Gasteiger partial charge in [-0.3, -0.25) is 4.79 Å². The highest BCUT2D eigenvalue weighted by Crippen LogP contribution is 2.27. The molecule has 88 valence electrons. The molecule has 1 amide bonds. The molecule has 2 unspecified atom stereocenters. The lowest BCUT2D eigenvalue weighted by molar-refractivity contribution is 0.0919. The topological polar surface area (TPSA) is 83.6 Å². The first kappa shape index (κ1) is 11.4. The van der Waals surface area contributed by atoms with Crippen molar-refractivity contribution in [2.24, 2.45) is 0 Å². The molecule has 6 nitrogen and oxygen atoms in total. The van der Waals surface area contributed by atoms with Crippen LogP contribution in [0, 0.1) is 0 Å². The highest BCUT2D eigenvalue weighted by molar-refractivity contribution is 7.99. The Morgan fingerprint density at radius 2 is 2.31 bits per heavy atom. The number of thioether (sulfide) groups is 1. The van der Waals surface area contributed by atoms with E-state index in [0.29, 0.717) is 5.25 Å². The molecule has 1 aliphatic carbocycles. The number of amides is 1. The molecule has 1 heterocycles. The number of nitrogens with one attached hydrogen (secondary N) is 2. The number of nitrogens with zero attached hydrogens (tertiary/aromatic N) is 3. The zero-order valence-electron chi connectivity index (χ0n) is 9.14. The van der Waals surface area contributed by atoms with Gasteiger partial charge in [0, 0.05) is 11.3 Å². The van der Waals surface area contributed by atoms with Gasteiger partial charge in [-0.2, -0.15) is 17.0 Å². The number of hydrogen-bond donors (Lipinski definition) is 2. The highest BCUT2D eigenvalue weighted by atomic mass is 32.2. The van der Waals surface area contributed by atoms with Gasteiger partial charge in [0.2, 0.25) is 0 Å². The van der Waals surface area contributed by atoms with Gasteiger partial charge >= 0.3 is 0 Å². The van der Waals surface area contributed by atoms with Crippen LogP contribution in [0.1, 0.15) is 36.3 Å². The molecule has 7 heteroatoms. The second-order valence-electron chi connectivity index (χ2n) is 3.87. The van der Waals surface area contributed by atoms with Crippen molar-refractivity contribution >= 4 is 17.7 Å². The fourth-order valence-corrected chi connectivity index (χ4v) is 2.97. The molecule has 0 aromatic carbocycles. The van der Waals surface area contributed by atoms with Crippen LogP contribution in [0.2, 0.25) is 0 Å². The second kappa shape index (κ2) is 5.29.